The number of aryl methyl sites for hydroxylation is 2. The Morgan fingerprint density at radius 2 is 1.79 bits per heavy atom. The second-order valence-electron chi connectivity index (χ2n) is 5.85. The monoisotopic (exact) mass is 340 g/mol. The summed E-state index contributed by atoms with van der Waals surface area (Å²) in [7, 11) is 0. The molecule has 0 radical (unpaired) electrons. The summed E-state index contributed by atoms with van der Waals surface area (Å²) in [5, 5.41) is 4.10. The highest BCUT2D eigenvalue weighted by atomic mass is 35.5. The molecule has 24 heavy (non-hydrogen) atoms. The van der Waals surface area contributed by atoms with Gasteiger partial charge in [-0.3, -0.25) is 14.2 Å². The number of halogens is 1. The van der Waals surface area contributed by atoms with E-state index < -0.39 is 0 Å². The van der Waals surface area contributed by atoms with Gasteiger partial charge in [0.15, 0.2) is 0 Å². The van der Waals surface area contributed by atoms with Gasteiger partial charge < -0.3 is 5.32 Å². The van der Waals surface area contributed by atoms with Crippen LogP contribution in [0.5, 0.6) is 0 Å². The number of carbonyl (C=O) groups is 2. The molecule has 0 bridgehead atoms. The third-order valence-corrected chi connectivity index (χ3v) is 4.35. The minimum atomic E-state index is -0.259. The van der Waals surface area contributed by atoms with E-state index >= 15 is 0 Å². The van der Waals surface area contributed by atoms with Gasteiger partial charge in [0, 0.05) is 29.2 Å². The lowest BCUT2D eigenvalue weighted by Crippen LogP contribution is -2.12. The van der Waals surface area contributed by atoms with Crippen molar-refractivity contribution in [2.75, 3.05) is 5.32 Å². The fraction of sp³-hybridized carbons (Fsp3) is 0.158. The second-order valence-corrected chi connectivity index (χ2v) is 6.28. The van der Waals surface area contributed by atoms with Crippen LogP contribution >= 0.6 is 11.6 Å². The van der Waals surface area contributed by atoms with Crippen molar-refractivity contribution in [3.05, 3.63) is 64.3 Å². The van der Waals surface area contributed by atoms with Crippen LogP contribution in [0.1, 0.15) is 33.2 Å². The molecule has 1 aromatic heterocycles. The average molecular weight is 341 g/mol. The lowest BCUT2D eigenvalue weighted by atomic mass is 10.1. The summed E-state index contributed by atoms with van der Waals surface area (Å²) in [6.07, 6.45) is 1.56. The van der Waals surface area contributed by atoms with Gasteiger partial charge in [-0.2, -0.15) is 0 Å². The lowest BCUT2D eigenvalue weighted by molar-refractivity contribution is 0.0941. The third kappa shape index (κ3) is 2.93. The van der Waals surface area contributed by atoms with Gasteiger partial charge >= 0.3 is 0 Å². The Hall–Kier alpha value is -2.59. The smallest absolute Gasteiger partial charge is 0.257 e. The molecule has 0 fully saturated rings. The second kappa shape index (κ2) is 6.13. The molecular weight excluding hydrogens is 324 g/mol. The van der Waals surface area contributed by atoms with Gasteiger partial charge in [0.2, 0.25) is 5.91 Å². The van der Waals surface area contributed by atoms with Crippen LogP contribution < -0.4 is 5.32 Å². The zero-order valence-corrected chi connectivity index (χ0v) is 14.4. The fourth-order valence-electron chi connectivity index (χ4n) is 2.66. The van der Waals surface area contributed by atoms with E-state index in [2.05, 4.69) is 5.32 Å². The number of anilines is 1. The standard InChI is InChI=1S/C19H17ClN2O2/c1-11-4-6-15(8-12(11)2)21-19(24)17-10-22(13(3)23)18-9-14(20)5-7-16(17)18/h4-10H,1-3H3,(H,21,24). The molecule has 4 nitrogen and oxygen atoms in total. The normalized spacial score (nSPS) is 10.8. The quantitative estimate of drug-likeness (QED) is 0.726. The number of fused-ring (bicyclic) bond motifs is 1. The van der Waals surface area contributed by atoms with Crippen LogP contribution in [0.15, 0.2) is 42.6 Å². The number of benzene rings is 2. The minimum absolute atomic E-state index is 0.174. The van der Waals surface area contributed by atoms with E-state index in [9.17, 15) is 9.59 Å². The predicted octanol–water partition coefficient (Wildman–Crippen LogP) is 4.82. The first-order valence-corrected chi connectivity index (χ1v) is 7.95. The summed E-state index contributed by atoms with van der Waals surface area (Å²) in [6, 6.07) is 10.9. The van der Waals surface area contributed by atoms with E-state index in [0.29, 0.717) is 21.5 Å². The van der Waals surface area contributed by atoms with Crippen molar-refractivity contribution in [3.8, 4) is 0 Å². The number of amides is 1. The Balaban J connectivity index is 2.03. The summed E-state index contributed by atoms with van der Waals surface area (Å²) in [4.78, 5) is 24.5. The van der Waals surface area contributed by atoms with Crippen LogP contribution in [-0.4, -0.2) is 16.4 Å². The molecule has 0 atom stereocenters. The van der Waals surface area contributed by atoms with E-state index in [-0.39, 0.29) is 11.8 Å². The summed E-state index contributed by atoms with van der Waals surface area (Å²) < 4.78 is 1.44. The van der Waals surface area contributed by atoms with Crippen molar-refractivity contribution in [1.82, 2.24) is 4.57 Å². The molecule has 2 aromatic carbocycles. The molecule has 3 rings (SSSR count). The van der Waals surface area contributed by atoms with Gasteiger partial charge in [-0.05, 0) is 49.2 Å². The summed E-state index contributed by atoms with van der Waals surface area (Å²) >= 11 is 6.02. The fourth-order valence-corrected chi connectivity index (χ4v) is 2.83. The number of carbonyl (C=O) groups excluding carboxylic acids is 2. The Bertz CT molecular complexity index is 973. The first-order chi connectivity index (χ1) is 11.4. The number of hydrogen-bond donors (Lipinski definition) is 1. The van der Waals surface area contributed by atoms with Crippen LogP contribution in [0.4, 0.5) is 5.69 Å². The molecule has 0 saturated heterocycles. The van der Waals surface area contributed by atoms with Crippen LogP contribution in [-0.2, 0) is 0 Å². The highest BCUT2D eigenvalue weighted by molar-refractivity contribution is 6.31. The predicted molar refractivity (Wildman–Crippen MR) is 97.1 cm³/mol. The van der Waals surface area contributed by atoms with Crippen molar-refractivity contribution >= 4 is 40.0 Å². The van der Waals surface area contributed by atoms with Crippen LogP contribution in [0.2, 0.25) is 5.02 Å². The van der Waals surface area contributed by atoms with Crippen LogP contribution in [0.3, 0.4) is 0 Å². The van der Waals surface area contributed by atoms with Crippen LogP contribution in [0, 0.1) is 13.8 Å². The summed E-state index contributed by atoms with van der Waals surface area (Å²) in [6.45, 7) is 5.46. The first-order valence-electron chi connectivity index (χ1n) is 7.57. The highest BCUT2D eigenvalue weighted by Gasteiger charge is 2.17. The Morgan fingerprint density at radius 3 is 2.46 bits per heavy atom. The van der Waals surface area contributed by atoms with Gasteiger partial charge in [-0.15, -0.1) is 0 Å². The lowest BCUT2D eigenvalue weighted by Gasteiger charge is -2.07. The molecular formula is C19H17ClN2O2. The zero-order valence-electron chi connectivity index (χ0n) is 13.7. The minimum Gasteiger partial charge on any atom is -0.322 e. The maximum absolute atomic E-state index is 12.7. The molecule has 122 valence electrons. The number of rotatable bonds is 2. The van der Waals surface area contributed by atoms with E-state index in [1.54, 1.807) is 24.4 Å². The van der Waals surface area contributed by atoms with Gasteiger partial charge in [-0.1, -0.05) is 23.7 Å². The highest BCUT2D eigenvalue weighted by Crippen LogP contribution is 2.26. The number of aromatic nitrogens is 1. The maximum Gasteiger partial charge on any atom is 0.257 e. The van der Waals surface area contributed by atoms with Crippen molar-refractivity contribution in [1.29, 1.82) is 0 Å². The molecule has 0 unspecified atom stereocenters. The maximum atomic E-state index is 12.7. The summed E-state index contributed by atoms with van der Waals surface area (Å²) in [5.74, 6) is -0.432. The molecule has 0 spiro atoms. The number of nitrogens with one attached hydrogen (secondary N) is 1. The van der Waals surface area contributed by atoms with Crippen LogP contribution in [0.25, 0.3) is 10.9 Å². The van der Waals surface area contributed by atoms with E-state index in [1.807, 2.05) is 32.0 Å². The summed E-state index contributed by atoms with van der Waals surface area (Å²) in [5.41, 5.74) is 4.05. The topological polar surface area (TPSA) is 51.1 Å². The Kier molecular flexibility index (Phi) is 4.16. The first kappa shape index (κ1) is 16.3. The van der Waals surface area contributed by atoms with Crippen molar-refractivity contribution in [2.45, 2.75) is 20.8 Å². The van der Waals surface area contributed by atoms with Gasteiger partial charge in [0.1, 0.15) is 0 Å². The zero-order chi connectivity index (χ0) is 17.4. The Labute approximate surface area is 145 Å². The van der Waals surface area contributed by atoms with E-state index in [4.69, 9.17) is 11.6 Å². The molecule has 0 saturated carbocycles. The van der Waals surface area contributed by atoms with Gasteiger partial charge in [0.25, 0.3) is 5.91 Å². The molecule has 1 amide bonds. The molecule has 3 aromatic rings. The van der Waals surface area contributed by atoms with E-state index in [1.165, 1.54) is 11.5 Å². The molecule has 1 N–H and O–H groups in total. The van der Waals surface area contributed by atoms with Crippen molar-refractivity contribution in [2.24, 2.45) is 0 Å². The third-order valence-electron chi connectivity index (χ3n) is 4.12. The molecule has 5 heteroatoms. The van der Waals surface area contributed by atoms with Gasteiger partial charge in [-0.25, -0.2) is 0 Å². The van der Waals surface area contributed by atoms with E-state index in [0.717, 1.165) is 16.8 Å². The van der Waals surface area contributed by atoms with Crippen molar-refractivity contribution < 1.29 is 9.59 Å². The Morgan fingerprint density at radius 1 is 1.04 bits per heavy atom. The molecule has 0 aliphatic heterocycles. The average Bonchev–Trinajstić information content (AvgIpc) is 2.90. The van der Waals surface area contributed by atoms with Crippen molar-refractivity contribution in [3.63, 3.8) is 0 Å². The molecule has 1 heterocycles. The number of hydrogen-bond acceptors (Lipinski definition) is 2. The van der Waals surface area contributed by atoms with Gasteiger partial charge in [0.05, 0.1) is 11.1 Å². The SMILES string of the molecule is CC(=O)n1cc(C(=O)Nc2ccc(C)c(C)c2)c2ccc(Cl)cc21. The molecule has 0 aliphatic rings. The largest absolute Gasteiger partial charge is 0.322 e. The number of nitrogens with zero attached hydrogens (tertiary/aromatic N) is 1. The molecule has 0 aliphatic carbocycles.